The Hall–Kier alpha value is -5.96. The number of carboxylic acid groups (broad SMARTS) is 1. The van der Waals surface area contributed by atoms with E-state index in [0.29, 0.717) is 26.0 Å². The molecule has 1 unspecified atom stereocenters. The smallest absolute Gasteiger partial charge is 0.290 e. The molecule has 2 atom stereocenters. The molecule has 1 aliphatic rings. The van der Waals surface area contributed by atoms with Crippen LogP contribution in [0.25, 0.3) is 22.3 Å². The van der Waals surface area contributed by atoms with Crippen LogP contribution in [0.4, 0.5) is 0 Å². The maximum Gasteiger partial charge on any atom is 0.290 e. The molecule has 0 spiro atoms. The number of carbonyl (C=O) groups is 4. The zero-order valence-corrected chi connectivity index (χ0v) is 34.6. The first-order valence-electron chi connectivity index (χ1n) is 19.0. The van der Waals surface area contributed by atoms with Gasteiger partial charge in [0.05, 0.1) is 48.1 Å². The van der Waals surface area contributed by atoms with Crippen molar-refractivity contribution in [2.24, 2.45) is 5.92 Å². The molecule has 308 valence electrons. The number of likely N-dealkylation sites (N-methyl/N-ethyl adjacent to an activating group) is 1. The fraction of sp³-hybridized carbons (Fsp3) is 0.442. The van der Waals surface area contributed by atoms with E-state index in [1.54, 1.807) is 25.3 Å². The Morgan fingerprint density at radius 2 is 1.68 bits per heavy atom. The van der Waals surface area contributed by atoms with Crippen molar-refractivity contribution in [1.82, 2.24) is 40.4 Å². The molecule has 2 aromatic carbocycles. The standard InChI is InChI=1S/C35H42N8O3.C3H8.C2H6O.C2H2.CH2O2/c1-5-16-42(35(46)33(36-4)23(2)3)21-31-39-27-15-12-25(18-28(27)40-31)9-8-24-10-13-26(14-11-24)29-19-38-34(41-29)30-7-6-17-43(30)32(45)20-37-22-44;2*1-3-2;1-2;2-1-3/h10-15,18-19,22-23,30,33,36H,5-7,16-17,20-21H2,1-4H3,(H,37,44)(H,38,41)(H,39,40);3H2,1-2H3;1-2H3;1-2H;1H,(H,2,3)/t30-,33?;;;;/m0..../s1. The number of H-pyrrole nitrogens is 2. The van der Waals surface area contributed by atoms with Crippen molar-refractivity contribution >= 4 is 35.7 Å². The van der Waals surface area contributed by atoms with Crippen LogP contribution in [0.15, 0.2) is 48.7 Å². The molecule has 0 bridgehead atoms. The van der Waals surface area contributed by atoms with Crippen molar-refractivity contribution in [3.8, 4) is 35.9 Å². The summed E-state index contributed by atoms with van der Waals surface area (Å²) >= 11 is 0. The number of hydrogen-bond acceptors (Lipinski definition) is 8. The second-order valence-electron chi connectivity index (χ2n) is 13.2. The highest BCUT2D eigenvalue weighted by atomic mass is 16.4. The molecule has 1 aliphatic heterocycles. The molecule has 3 heterocycles. The van der Waals surface area contributed by atoms with E-state index in [-0.39, 0.29) is 42.8 Å². The van der Waals surface area contributed by atoms with Crippen LogP contribution in [0.3, 0.4) is 0 Å². The fourth-order valence-corrected chi connectivity index (χ4v) is 5.98. The van der Waals surface area contributed by atoms with Gasteiger partial charge in [-0.3, -0.25) is 19.2 Å². The number of methoxy groups -OCH3 is 1. The van der Waals surface area contributed by atoms with Crippen molar-refractivity contribution in [2.75, 3.05) is 40.9 Å². The largest absolute Gasteiger partial charge is 0.483 e. The van der Waals surface area contributed by atoms with Gasteiger partial charge in [-0.15, -0.1) is 12.8 Å². The van der Waals surface area contributed by atoms with Gasteiger partial charge >= 0.3 is 0 Å². The van der Waals surface area contributed by atoms with E-state index in [1.807, 2.05) is 68.3 Å². The molecule has 57 heavy (non-hydrogen) atoms. The number of likely N-dealkylation sites (tertiary alicyclic amines) is 1. The monoisotopic (exact) mass is 784 g/mol. The summed E-state index contributed by atoms with van der Waals surface area (Å²) in [5.74, 6) is 8.15. The van der Waals surface area contributed by atoms with Crippen LogP contribution in [0.5, 0.6) is 0 Å². The average molecular weight is 785 g/mol. The molecule has 14 heteroatoms. The minimum absolute atomic E-state index is 0.0110. The summed E-state index contributed by atoms with van der Waals surface area (Å²) in [6, 6.07) is 13.5. The van der Waals surface area contributed by atoms with Gasteiger partial charge in [0.1, 0.15) is 11.6 Å². The topological polar surface area (TPSA) is 186 Å². The molecular weight excluding hydrogens is 725 g/mol. The first-order valence-corrected chi connectivity index (χ1v) is 19.0. The van der Waals surface area contributed by atoms with E-state index in [2.05, 4.69) is 75.8 Å². The molecule has 0 saturated carbocycles. The lowest BCUT2D eigenvalue weighted by Crippen LogP contribution is -2.48. The molecule has 5 rings (SSSR count). The van der Waals surface area contributed by atoms with Crippen LogP contribution in [0.2, 0.25) is 0 Å². The minimum Gasteiger partial charge on any atom is -0.483 e. The quantitative estimate of drug-likeness (QED) is 0.0930. The summed E-state index contributed by atoms with van der Waals surface area (Å²) in [5.41, 5.74) is 5.30. The van der Waals surface area contributed by atoms with Crippen molar-refractivity contribution in [3.05, 3.63) is 71.4 Å². The van der Waals surface area contributed by atoms with Gasteiger partial charge in [-0.2, -0.15) is 0 Å². The van der Waals surface area contributed by atoms with E-state index in [0.717, 1.165) is 64.3 Å². The molecule has 5 N–H and O–H groups in total. The highest BCUT2D eigenvalue weighted by molar-refractivity contribution is 5.82. The number of nitrogens with zero attached hydrogens (tertiary/aromatic N) is 4. The Balaban J connectivity index is 0.00000133. The first kappa shape index (κ1) is 49.1. The Kier molecular flexibility index (Phi) is 23.7. The van der Waals surface area contributed by atoms with E-state index in [1.165, 1.54) is 6.42 Å². The van der Waals surface area contributed by atoms with Gasteiger partial charge < -0.3 is 40.2 Å². The summed E-state index contributed by atoms with van der Waals surface area (Å²) in [6.45, 7) is 11.9. The van der Waals surface area contributed by atoms with Crippen molar-refractivity contribution in [1.29, 1.82) is 0 Å². The highest BCUT2D eigenvalue weighted by Gasteiger charge is 2.31. The molecule has 4 aromatic rings. The number of aromatic amines is 2. The third-order valence-electron chi connectivity index (χ3n) is 8.29. The fourth-order valence-electron chi connectivity index (χ4n) is 5.98. The van der Waals surface area contributed by atoms with Gasteiger partial charge in [-0.1, -0.05) is 65.0 Å². The lowest BCUT2D eigenvalue weighted by Gasteiger charge is -2.28. The number of carbonyl (C=O) groups excluding carboxylic acids is 3. The summed E-state index contributed by atoms with van der Waals surface area (Å²) in [7, 11) is 5.08. The number of benzene rings is 2. The van der Waals surface area contributed by atoms with Crippen LogP contribution in [-0.2, 0) is 30.5 Å². The number of hydrogen-bond donors (Lipinski definition) is 5. The van der Waals surface area contributed by atoms with Gasteiger partial charge in [0, 0.05) is 38.4 Å². The number of fused-ring (bicyclic) bond motifs is 1. The van der Waals surface area contributed by atoms with Gasteiger partial charge in [0.25, 0.3) is 6.47 Å². The third-order valence-corrected chi connectivity index (χ3v) is 8.29. The van der Waals surface area contributed by atoms with Gasteiger partial charge in [-0.05, 0) is 68.1 Å². The molecule has 2 aromatic heterocycles. The molecule has 3 amide bonds. The summed E-state index contributed by atoms with van der Waals surface area (Å²) in [5, 5.41) is 12.5. The van der Waals surface area contributed by atoms with Gasteiger partial charge in [0.2, 0.25) is 18.2 Å². The third kappa shape index (κ3) is 15.6. The number of rotatable bonds is 12. The molecule has 1 saturated heterocycles. The Labute approximate surface area is 337 Å². The van der Waals surface area contributed by atoms with Crippen LogP contribution in [0.1, 0.15) is 89.1 Å². The van der Waals surface area contributed by atoms with E-state index >= 15 is 0 Å². The SMILES string of the molecule is C#C.CCC.CCCN(Cc1nc2ccc(C#Cc3ccc(-c4cnc([C@@H]5CCCN5C(=O)CNC=O)[nH]4)cc3)cc2[nH]1)C(=O)C(NC)C(C)C.COC.O=CO. The van der Waals surface area contributed by atoms with Crippen molar-refractivity contribution in [2.45, 2.75) is 78.9 Å². The molecule has 14 nitrogen and oxygen atoms in total. The molecular formula is C43H60N8O6. The first-order chi connectivity index (χ1) is 27.5. The number of terminal acetylenes is 1. The number of ether oxygens (including phenoxy) is 1. The minimum atomic E-state index is -0.250. The lowest BCUT2D eigenvalue weighted by atomic mass is 10.0. The second-order valence-corrected chi connectivity index (χ2v) is 13.2. The number of nitrogens with one attached hydrogen (secondary N) is 4. The van der Waals surface area contributed by atoms with Crippen LogP contribution < -0.4 is 10.6 Å². The van der Waals surface area contributed by atoms with Gasteiger partial charge in [0.15, 0.2) is 0 Å². The zero-order chi connectivity index (χ0) is 42.8. The van der Waals surface area contributed by atoms with Crippen molar-refractivity contribution < 1.29 is 29.0 Å². The summed E-state index contributed by atoms with van der Waals surface area (Å²) < 4.78 is 4.25. The maximum atomic E-state index is 13.2. The van der Waals surface area contributed by atoms with Crippen LogP contribution in [-0.4, -0.2) is 106 Å². The van der Waals surface area contributed by atoms with E-state index in [9.17, 15) is 14.4 Å². The molecule has 0 radical (unpaired) electrons. The van der Waals surface area contributed by atoms with Crippen molar-refractivity contribution in [3.63, 3.8) is 0 Å². The molecule has 1 fully saturated rings. The predicted octanol–water partition coefficient (Wildman–Crippen LogP) is 5.37. The Bertz CT molecular complexity index is 1870. The number of amides is 3. The lowest BCUT2D eigenvalue weighted by molar-refractivity contribution is -0.135. The molecule has 0 aliphatic carbocycles. The summed E-state index contributed by atoms with van der Waals surface area (Å²) in [6.07, 6.45) is 14.2. The Morgan fingerprint density at radius 3 is 2.26 bits per heavy atom. The van der Waals surface area contributed by atoms with Gasteiger partial charge in [-0.25, -0.2) is 9.97 Å². The van der Waals surface area contributed by atoms with Crippen LogP contribution >= 0.6 is 0 Å². The summed E-state index contributed by atoms with van der Waals surface area (Å²) in [4.78, 5) is 64.4. The maximum absolute atomic E-state index is 13.2. The highest BCUT2D eigenvalue weighted by Crippen LogP contribution is 2.31. The second kappa shape index (κ2) is 27.6. The zero-order valence-electron chi connectivity index (χ0n) is 34.6. The number of imidazole rings is 2. The number of aromatic nitrogens is 4. The Morgan fingerprint density at radius 1 is 1.07 bits per heavy atom. The van der Waals surface area contributed by atoms with E-state index < -0.39 is 0 Å². The van der Waals surface area contributed by atoms with Crippen LogP contribution in [0, 0.1) is 30.6 Å². The van der Waals surface area contributed by atoms with E-state index in [4.69, 9.17) is 14.9 Å². The normalized spacial score (nSPS) is 13.0. The predicted molar refractivity (Wildman–Crippen MR) is 225 cm³/mol. The average Bonchev–Trinajstić information content (AvgIpc) is 3.98.